The third kappa shape index (κ3) is 2.63. The minimum Gasteiger partial charge on any atom is -0.466 e. The Hall–Kier alpha value is -1.43. The second kappa shape index (κ2) is 5.77. The van der Waals surface area contributed by atoms with Crippen molar-refractivity contribution in [2.75, 3.05) is 33.9 Å². The van der Waals surface area contributed by atoms with Crippen LogP contribution in [0.3, 0.4) is 0 Å². The molecule has 1 aromatic rings. The quantitative estimate of drug-likeness (QED) is 0.702. The van der Waals surface area contributed by atoms with Crippen molar-refractivity contribution in [3.8, 4) is 12.0 Å². The molecule has 0 amide bonds. The Morgan fingerprint density at radius 3 is 1.53 bits per heavy atom. The Bertz CT molecular complexity index is 336. The van der Waals surface area contributed by atoms with Crippen molar-refractivity contribution < 1.29 is 9.47 Å². The largest absolute Gasteiger partial charge is 0.466 e. The molecule has 96 valence electrons. The molecule has 0 radical (unpaired) electrons. The van der Waals surface area contributed by atoms with Crippen molar-refractivity contribution >= 4 is 5.95 Å². The molecule has 17 heavy (non-hydrogen) atoms. The predicted octanol–water partition coefficient (Wildman–Crippen LogP) is 1.26. The van der Waals surface area contributed by atoms with Gasteiger partial charge in [-0.3, -0.25) is 4.48 Å². The lowest BCUT2D eigenvalue weighted by Crippen LogP contribution is -2.50. The number of aromatic nitrogens is 3. The van der Waals surface area contributed by atoms with Crippen LogP contribution in [-0.2, 0) is 0 Å². The molecule has 1 aromatic heterocycles. The molecule has 0 saturated carbocycles. The Kier molecular flexibility index (Phi) is 4.62. The van der Waals surface area contributed by atoms with Crippen LogP contribution in [0.4, 0.5) is 5.95 Å². The van der Waals surface area contributed by atoms with Gasteiger partial charge in [-0.25, -0.2) is 0 Å². The van der Waals surface area contributed by atoms with Gasteiger partial charge in [0.15, 0.2) is 0 Å². The van der Waals surface area contributed by atoms with E-state index in [4.69, 9.17) is 9.47 Å². The van der Waals surface area contributed by atoms with E-state index in [0.29, 0.717) is 22.5 Å². The van der Waals surface area contributed by atoms with Crippen LogP contribution in [0.15, 0.2) is 0 Å². The maximum atomic E-state index is 5.07. The van der Waals surface area contributed by atoms with Crippen LogP contribution in [0.25, 0.3) is 0 Å². The molecular weight excluding hydrogens is 220 g/mol. The molecule has 1 rings (SSSR count). The molecule has 0 atom stereocenters. The second-order valence-corrected chi connectivity index (χ2v) is 3.70. The van der Waals surface area contributed by atoms with E-state index in [2.05, 4.69) is 35.7 Å². The zero-order valence-electron chi connectivity index (χ0n) is 11.2. The zero-order chi connectivity index (χ0) is 12.9. The summed E-state index contributed by atoms with van der Waals surface area (Å²) in [6.45, 7) is 9.12. The molecule has 6 heteroatoms. The molecule has 0 fully saturated rings. The van der Waals surface area contributed by atoms with Crippen LogP contribution >= 0.6 is 0 Å². The van der Waals surface area contributed by atoms with Gasteiger partial charge < -0.3 is 9.47 Å². The first-order valence-electron chi connectivity index (χ1n) is 5.86. The number of rotatable bonds is 6. The van der Waals surface area contributed by atoms with Gasteiger partial charge >= 0.3 is 18.0 Å². The summed E-state index contributed by atoms with van der Waals surface area (Å²) < 4.78 is 10.8. The van der Waals surface area contributed by atoms with E-state index in [1.165, 1.54) is 14.2 Å². The van der Waals surface area contributed by atoms with Crippen molar-refractivity contribution in [1.29, 1.82) is 0 Å². The average molecular weight is 241 g/mol. The smallest absolute Gasteiger partial charge is 0.338 e. The van der Waals surface area contributed by atoms with E-state index in [9.17, 15) is 0 Å². The number of ether oxygens (including phenoxy) is 2. The number of hydrogen-bond donors (Lipinski definition) is 0. The number of nitrogens with zero attached hydrogens (tertiary/aromatic N) is 4. The molecule has 0 aliphatic heterocycles. The lowest BCUT2D eigenvalue weighted by Gasteiger charge is -2.32. The molecule has 0 spiro atoms. The van der Waals surface area contributed by atoms with Crippen LogP contribution in [0.2, 0.25) is 0 Å². The summed E-state index contributed by atoms with van der Waals surface area (Å²) in [6, 6.07) is 0.592. The van der Waals surface area contributed by atoms with E-state index in [-0.39, 0.29) is 0 Å². The third-order valence-electron chi connectivity index (χ3n) is 3.19. The average Bonchev–Trinajstić information content (AvgIpc) is 2.41. The summed E-state index contributed by atoms with van der Waals surface area (Å²) in [5.74, 6) is 0.696. The molecule has 0 N–H and O–H groups in total. The molecule has 0 aliphatic carbocycles. The highest BCUT2D eigenvalue weighted by molar-refractivity contribution is 5.28. The molecule has 0 saturated heterocycles. The molecular formula is C11H21N4O2+. The minimum atomic E-state index is 0.296. The van der Waals surface area contributed by atoms with Gasteiger partial charge in [0, 0.05) is 0 Å². The van der Waals surface area contributed by atoms with Gasteiger partial charge in [0.1, 0.15) is 0 Å². The van der Waals surface area contributed by atoms with Gasteiger partial charge in [-0.15, -0.1) is 15.0 Å². The fourth-order valence-corrected chi connectivity index (χ4v) is 1.82. The fourth-order valence-electron chi connectivity index (χ4n) is 1.82. The first-order chi connectivity index (χ1) is 8.15. The van der Waals surface area contributed by atoms with Crippen molar-refractivity contribution in [3.05, 3.63) is 0 Å². The molecule has 0 aliphatic rings. The monoisotopic (exact) mass is 241 g/mol. The molecule has 6 nitrogen and oxygen atoms in total. The summed E-state index contributed by atoms with van der Waals surface area (Å²) in [4.78, 5) is 12.7. The van der Waals surface area contributed by atoms with Crippen molar-refractivity contribution in [1.82, 2.24) is 19.4 Å². The molecule has 0 bridgehead atoms. The van der Waals surface area contributed by atoms with Crippen LogP contribution in [-0.4, -0.2) is 48.8 Å². The second-order valence-electron chi connectivity index (χ2n) is 3.70. The molecule has 0 aromatic carbocycles. The van der Waals surface area contributed by atoms with E-state index in [1.54, 1.807) is 0 Å². The maximum absolute atomic E-state index is 5.07. The van der Waals surface area contributed by atoms with E-state index < -0.39 is 0 Å². The first-order valence-corrected chi connectivity index (χ1v) is 5.86. The summed E-state index contributed by atoms with van der Waals surface area (Å²) in [5, 5.41) is 0. The van der Waals surface area contributed by atoms with Crippen LogP contribution in [0.5, 0.6) is 12.0 Å². The van der Waals surface area contributed by atoms with Gasteiger partial charge in [0.2, 0.25) is 0 Å². The highest BCUT2D eigenvalue weighted by Gasteiger charge is 2.30. The number of hydrogen-bond acceptors (Lipinski definition) is 5. The summed E-state index contributed by atoms with van der Waals surface area (Å²) >= 11 is 0. The fraction of sp³-hybridized carbons (Fsp3) is 0.727. The SMILES string of the molecule is CC[N+](CC)(CC)c1nc(OC)nc(OC)n1. The van der Waals surface area contributed by atoms with Gasteiger partial charge in [0.25, 0.3) is 0 Å². The molecule has 1 heterocycles. The molecule has 0 unspecified atom stereocenters. The number of methoxy groups -OCH3 is 2. The normalized spacial score (nSPS) is 11.4. The van der Waals surface area contributed by atoms with Crippen molar-refractivity contribution in [2.45, 2.75) is 20.8 Å². The van der Waals surface area contributed by atoms with Crippen molar-refractivity contribution in [2.24, 2.45) is 0 Å². The van der Waals surface area contributed by atoms with Gasteiger partial charge in [-0.2, -0.15) is 0 Å². The summed E-state index contributed by atoms with van der Waals surface area (Å²) in [6.07, 6.45) is 0. The van der Waals surface area contributed by atoms with Crippen LogP contribution < -0.4 is 14.0 Å². The Morgan fingerprint density at radius 2 is 1.24 bits per heavy atom. The third-order valence-corrected chi connectivity index (χ3v) is 3.19. The van der Waals surface area contributed by atoms with E-state index >= 15 is 0 Å². The first kappa shape index (κ1) is 13.6. The van der Waals surface area contributed by atoms with E-state index in [0.717, 1.165) is 19.6 Å². The Morgan fingerprint density at radius 1 is 0.824 bits per heavy atom. The maximum Gasteiger partial charge on any atom is 0.338 e. The van der Waals surface area contributed by atoms with Crippen molar-refractivity contribution in [3.63, 3.8) is 0 Å². The van der Waals surface area contributed by atoms with Gasteiger partial charge in [-0.1, -0.05) is 0 Å². The zero-order valence-corrected chi connectivity index (χ0v) is 11.2. The van der Waals surface area contributed by atoms with Crippen LogP contribution in [0, 0.1) is 0 Å². The summed E-state index contributed by atoms with van der Waals surface area (Å²) in [7, 11) is 3.08. The Labute approximate surface area is 102 Å². The Balaban J connectivity index is 3.27. The number of quaternary nitrogens is 1. The lowest BCUT2D eigenvalue weighted by atomic mass is 10.4. The van der Waals surface area contributed by atoms with E-state index in [1.807, 2.05) is 0 Å². The van der Waals surface area contributed by atoms with Gasteiger partial charge in [-0.05, 0) is 20.8 Å². The highest BCUT2D eigenvalue weighted by Crippen LogP contribution is 2.22. The lowest BCUT2D eigenvalue weighted by molar-refractivity contribution is 0.278. The summed E-state index contributed by atoms with van der Waals surface area (Å²) in [5.41, 5.74) is 0. The minimum absolute atomic E-state index is 0.296. The predicted molar refractivity (Wildman–Crippen MR) is 66.3 cm³/mol. The standard InChI is InChI=1S/C11H21N4O2/c1-6-15(7-2,8-3)9-12-10(16-4)14-11(13-9)17-5/h6-8H2,1-5H3/q+1. The topological polar surface area (TPSA) is 57.1 Å². The van der Waals surface area contributed by atoms with Gasteiger partial charge in [0.05, 0.1) is 33.9 Å². The highest BCUT2D eigenvalue weighted by atomic mass is 16.5. The van der Waals surface area contributed by atoms with Crippen LogP contribution in [0.1, 0.15) is 20.8 Å².